The average molecular weight is 178 g/mol. The summed E-state index contributed by atoms with van der Waals surface area (Å²) in [6.07, 6.45) is -0.157. The summed E-state index contributed by atoms with van der Waals surface area (Å²) in [6, 6.07) is 0. The summed E-state index contributed by atoms with van der Waals surface area (Å²) in [5.41, 5.74) is 0. The van der Waals surface area contributed by atoms with E-state index in [9.17, 15) is 0 Å². The maximum absolute atomic E-state index is 9.14. The van der Waals surface area contributed by atoms with Gasteiger partial charge in [-0.15, -0.1) is 0 Å². The van der Waals surface area contributed by atoms with Gasteiger partial charge in [-0.05, 0) is 13.3 Å². The Morgan fingerprint density at radius 1 is 1.17 bits per heavy atom. The van der Waals surface area contributed by atoms with Crippen LogP contribution in [0.25, 0.3) is 0 Å². The maximum Gasteiger partial charge on any atom is 0.154 e. The second kappa shape index (κ2) is 7.49. The van der Waals surface area contributed by atoms with E-state index >= 15 is 0 Å². The zero-order valence-corrected chi connectivity index (χ0v) is 7.69. The van der Waals surface area contributed by atoms with Gasteiger partial charge < -0.3 is 19.7 Å². The molecule has 12 heavy (non-hydrogen) atoms. The Bertz CT molecular complexity index is 95.1. The van der Waals surface area contributed by atoms with Crippen LogP contribution in [0.3, 0.4) is 0 Å². The molecule has 4 nitrogen and oxygen atoms in total. The minimum atomic E-state index is -0.783. The van der Waals surface area contributed by atoms with Gasteiger partial charge in [-0.2, -0.15) is 0 Å². The van der Waals surface area contributed by atoms with E-state index in [0.29, 0.717) is 26.1 Å². The highest BCUT2D eigenvalue weighted by molar-refractivity contribution is 4.49. The van der Waals surface area contributed by atoms with E-state index in [0.717, 1.165) is 0 Å². The zero-order valence-electron chi connectivity index (χ0n) is 7.69. The lowest BCUT2D eigenvalue weighted by molar-refractivity contribution is -0.116. The van der Waals surface area contributed by atoms with E-state index in [1.807, 2.05) is 0 Å². The van der Waals surface area contributed by atoms with Crippen LogP contribution in [0.4, 0.5) is 0 Å². The molecule has 0 aromatic carbocycles. The van der Waals surface area contributed by atoms with Crippen molar-refractivity contribution in [1.82, 2.24) is 0 Å². The molecule has 0 fully saturated rings. The van der Waals surface area contributed by atoms with Gasteiger partial charge in [0.15, 0.2) is 6.29 Å². The molecule has 2 atom stereocenters. The summed E-state index contributed by atoms with van der Waals surface area (Å²) < 4.78 is 9.68. The summed E-state index contributed by atoms with van der Waals surface area (Å²) >= 11 is 0. The summed E-state index contributed by atoms with van der Waals surface area (Å²) in [6.45, 7) is 2.55. The Morgan fingerprint density at radius 3 is 2.33 bits per heavy atom. The van der Waals surface area contributed by atoms with Crippen LogP contribution in [0.1, 0.15) is 19.8 Å². The van der Waals surface area contributed by atoms with Gasteiger partial charge in [0.1, 0.15) is 0 Å². The molecule has 74 valence electrons. The van der Waals surface area contributed by atoms with Crippen molar-refractivity contribution < 1.29 is 19.7 Å². The summed E-state index contributed by atoms with van der Waals surface area (Å²) in [7, 11) is 1.57. The molecule has 0 bridgehead atoms. The molecular formula is C8H18O4. The minimum absolute atomic E-state index is 0.384. The third kappa shape index (κ3) is 7.94. The predicted molar refractivity (Wildman–Crippen MR) is 44.7 cm³/mol. The molecule has 0 aliphatic heterocycles. The van der Waals surface area contributed by atoms with Crippen molar-refractivity contribution >= 4 is 0 Å². The second-order valence-electron chi connectivity index (χ2n) is 2.74. The normalized spacial score (nSPS) is 16.0. The Balaban J connectivity index is 3.15. The molecule has 0 aliphatic carbocycles. The van der Waals surface area contributed by atoms with E-state index in [4.69, 9.17) is 19.7 Å². The average Bonchev–Trinajstić information content (AvgIpc) is 2.01. The lowest BCUT2D eigenvalue weighted by Crippen LogP contribution is -2.17. The van der Waals surface area contributed by atoms with E-state index in [1.165, 1.54) is 0 Å². The first kappa shape index (κ1) is 11.8. The van der Waals surface area contributed by atoms with Gasteiger partial charge >= 0.3 is 0 Å². The molecule has 0 aliphatic rings. The summed E-state index contributed by atoms with van der Waals surface area (Å²) in [4.78, 5) is 0. The second-order valence-corrected chi connectivity index (χ2v) is 2.74. The molecule has 0 amide bonds. The Morgan fingerprint density at radius 2 is 1.83 bits per heavy atom. The quantitative estimate of drug-likeness (QED) is 0.429. The lowest BCUT2D eigenvalue weighted by Gasteiger charge is -2.12. The van der Waals surface area contributed by atoms with Gasteiger partial charge in [-0.3, -0.25) is 0 Å². The first-order valence-electron chi connectivity index (χ1n) is 4.13. The van der Waals surface area contributed by atoms with E-state index in [-0.39, 0.29) is 6.10 Å². The number of hydrogen-bond acceptors (Lipinski definition) is 4. The lowest BCUT2D eigenvalue weighted by atomic mass is 10.2. The molecular weight excluding hydrogens is 160 g/mol. The number of aliphatic hydroxyl groups excluding tert-OH is 2. The van der Waals surface area contributed by atoms with Crippen molar-refractivity contribution in [2.75, 3.05) is 20.3 Å². The number of aliphatic hydroxyl groups is 2. The SMILES string of the molecule is COCCOC(O)CCC(C)O. The molecule has 0 rings (SSSR count). The van der Waals surface area contributed by atoms with E-state index < -0.39 is 6.29 Å². The molecule has 0 aromatic rings. The third-order valence-electron chi connectivity index (χ3n) is 1.43. The molecule has 2 N–H and O–H groups in total. The van der Waals surface area contributed by atoms with Crippen LogP contribution in [0.2, 0.25) is 0 Å². The van der Waals surface area contributed by atoms with Crippen LogP contribution in [0.15, 0.2) is 0 Å². The number of hydrogen-bond donors (Lipinski definition) is 2. The highest BCUT2D eigenvalue weighted by atomic mass is 16.6. The zero-order chi connectivity index (χ0) is 9.40. The molecule has 2 unspecified atom stereocenters. The summed E-state index contributed by atoms with van der Waals surface area (Å²) in [5, 5.41) is 18.0. The van der Waals surface area contributed by atoms with Crippen molar-refractivity contribution in [3.8, 4) is 0 Å². The Kier molecular flexibility index (Phi) is 7.39. The van der Waals surface area contributed by atoms with Crippen LogP contribution in [-0.4, -0.2) is 42.9 Å². The highest BCUT2D eigenvalue weighted by Gasteiger charge is 2.05. The number of ether oxygens (including phenoxy) is 2. The number of rotatable bonds is 7. The van der Waals surface area contributed by atoms with Gasteiger partial charge in [-0.25, -0.2) is 0 Å². The fraction of sp³-hybridized carbons (Fsp3) is 1.00. The van der Waals surface area contributed by atoms with Crippen molar-refractivity contribution in [3.63, 3.8) is 0 Å². The fourth-order valence-corrected chi connectivity index (χ4v) is 0.735. The molecule has 0 aromatic heterocycles. The minimum Gasteiger partial charge on any atom is -0.393 e. The summed E-state index contributed by atoms with van der Waals surface area (Å²) in [5.74, 6) is 0. The molecule has 0 radical (unpaired) electrons. The van der Waals surface area contributed by atoms with Crippen LogP contribution in [0.5, 0.6) is 0 Å². The smallest absolute Gasteiger partial charge is 0.154 e. The Labute approximate surface area is 73.1 Å². The van der Waals surface area contributed by atoms with Gasteiger partial charge in [0, 0.05) is 13.5 Å². The van der Waals surface area contributed by atoms with E-state index in [1.54, 1.807) is 14.0 Å². The van der Waals surface area contributed by atoms with Crippen LogP contribution < -0.4 is 0 Å². The van der Waals surface area contributed by atoms with Gasteiger partial charge in [-0.1, -0.05) is 0 Å². The number of methoxy groups -OCH3 is 1. The van der Waals surface area contributed by atoms with Gasteiger partial charge in [0.25, 0.3) is 0 Å². The van der Waals surface area contributed by atoms with Crippen LogP contribution in [0, 0.1) is 0 Å². The largest absolute Gasteiger partial charge is 0.393 e. The standard InChI is InChI=1S/C8H18O4/c1-7(9)3-4-8(10)12-6-5-11-2/h7-10H,3-6H2,1-2H3. The van der Waals surface area contributed by atoms with Gasteiger partial charge in [0.2, 0.25) is 0 Å². The van der Waals surface area contributed by atoms with Crippen LogP contribution >= 0.6 is 0 Å². The first-order chi connectivity index (χ1) is 5.66. The topological polar surface area (TPSA) is 58.9 Å². The third-order valence-corrected chi connectivity index (χ3v) is 1.43. The van der Waals surface area contributed by atoms with Crippen molar-refractivity contribution in [3.05, 3.63) is 0 Å². The highest BCUT2D eigenvalue weighted by Crippen LogP contribution is 2.01. The monoisotopic (exact) mass is 178 g/mol. The maximum atomic E-state index is 9.14. The molecule has 0 heterocycles. The molecule has 0 saturated carbocycles. The Hall–Kier alpha value is -0.160. The first-order valence-corrected chi connectivity index (χ1v) is 4.13. The van der Waals surface area contributed by atoms with Crippen molar-refractivity contribution in [1.29, 1.82) is 0 Å². The van der Waals surface area contributed by atoms with E-state index in [2.05, 4.69) is 0 Å². The molecule has 0 spiro atoms. The molecule has 4 heteroatoms. The fourth-order valence-electron chi connectivity index (χ4n) is 0.735. The molecule has 0 saturated heterocycles. The predicted octanol–water partition coefficient (Wildman–Crippen LogP) is 0.129. The van der Waals surface area contributed by atoms with Crippen molar-refractivity contribution in [2.24, 2.45) is 0 Å². The van der Waals surface area contributed by atoms with Gasteiger partial charge in [0.05, 0.1) is 19.3 Å². The van der Waals surface area contributed by atoms with Crippen molar-refractivity contribution in [2.45, 2.75) is 32.2 Å². The van der Waals surface area contributed by atoms with Crippen LogP contribution in [-0.2, 0) is 9.47 Å².